The Bertz CT molecular complexity index is 665. The van der Waals surface area contributed by atoms with Gasteiger partial charge in [0.1, 0.15) is 24.0 Å². The van der Waals surface area contributed by atoms with Gasteiger partial charge in [-0.25, -0.2) is 8.78 Å². The molecule has 1 saturated heterocycles. The van der Waals surface area contributed by atoms with Gasteiger partial charge in [-0.05, 0) is 5.56 Å². The van der Waals surface area contributed by atoms with E-state index in [2.05, 4.69) is 5.32 Å². The Morgan fingerprint density at radius 1 is 1.14 bits per heavy atom. The summed E-state index contributed by atoms with van der Waals surface area (Å²) in [6.45, 7) is 0.499. The highest BCUT2D eigenvalue weighted by atomic mass is 19.1. The lowest BCUT2D eigenvalue weighted by Crippen LogP contribution is -2.14. The van der Waals surface area contributed by atoms with E-state index in [0.717, 1.165) is 5.56 Å². The first-order chi connectivity index (χ1) is 10.6. The van der Waals surface area contributed by atoms with Gasteiger partial charge in [-0.2, -0.15) is 0 Å². The monoisotopic (exact) mass is 303 g/mol. The van der Waals surface area contributed by atoms with E-state index in [1.165, 1.54) is 12.1 Å². The highest BCUT2D eigenvalue weighted by Gasteiger charge is 2.28. The van der Waals surface area contributed by atoms with E-state index in [0.29, 0.717) is 0 Å². The zero-order valence-corrected chi connectivity index (χ0v) is 11.8. The maximum atomic E-state index is 14.2. The quantitative estimate of drug-likeness (QED) is 0.942. The van der Waals surface area contributed by atoms with Crippen LogP contribution in [0.25, 0.3) is 0 Å². The lowest BCUT2D eigenvalue weighted by Gasteiger charge is -2.13. The third-order valence-corrected chi connectivity index (χ3v) is 3.69. The second kappa shape index (κ2) is 6.13. The number of hydrogen-bond donors (Lipinski definition) is 1. The van der Waals surface area contributed by atoms with Gasteiger partial charge < -0.3 is 10.1 Å². The lowest BCUT2D eigenvalue weighted by molar-refractivity contribution is -0.119. The molecule has 0 bridgehead atoms. The summed E-state index contributed by atoms with van der Waals surface area (Å²) in [5.41, 5.74) is 0.864. The van der Waals surface area contributed by atoms with Crippen molar-refractivity contribution in [1.29, 1.82) is 0 Å². The molecule has 114 valence electrons. The summed E-state index contributed by atoms with van der Waals surface area (Å²) < 4.78 is 33.7. The van der Waals surface area contributed by atoms with Crippen LogP contribution in [0.3, 0.4) is 0 Å². The van der Waals surface area contributed by atoms with Crippen molar-refractivity contribution >= 4 is 5.91 Å². The zero-order chi connectivity index (χ0) is 15.5. The van der Waals surface area contributed by atoms with Crippen molar-refractivity contribution in [3.05, 3.63) is 65.2 Å². The first kappa shape index (κ1) is 14.5. The number of benzene rings is 2. The molecule has 0 aliphatic carbocycles. The number of hydrogen-bond acceptors (Lipinski definition) is 2. The topological polar surface area (TPSA) is 38.3 Å². The summed E-state index contributed by atoms with van der Waals surface area (Å²) in [5, 5.41) is 2.58. The Labute approximate surface area is 126 Å². The van der Waals surface area contributed by atoms with Crippen LogP contribution in [-0.2, 0) is 11.4 Å². The molecule has 2 aromatic carbocycles. The van der Waals surface area contributed by atoms with Crippen molar-refractivity contribution < 1.29 is 18.3 Å². The van der Waals surface area contributed by atoms with Crippen LogP contribution in [0.15, 0.2) is 42.5 Å². The summed E-state index contributed by atoms with van der Waals surface area (Å²) in [7, 11) is 0. The van der Waals surface area contributed by atoms with E-state index in [1.807, 2.05) is 30.3 Å². The van der Waals surface area contributed by atoms with Crippen LogP contribution in [0, 0.1) is 11.6 Å². The van der Waals surface area contributed by atoms with Gasteiger partial charge in [0.15, 0.2) is 0 Å². The molecule has 1 unspecified atom stereocenters. The minimum absolute atomic E-state index is 0.0505. The minimum Gasteiger partial charge on any atom is -0.489 e. The minimum atomic E-state index is -0.676. The van der Waals surface area contributed by atoms with Gasteiger partial charge in [0.25, 0.3) is 0 Å². The average molecular weight is 303 g/mol. The Morgan fingerprint density at radius 2 is 1.82 bits per heavy atom. The molecule has 2 aromatic rings. The third kappa shape index (κ3) is 3.08. The fourth-order valence-corrected chi connectivity index (χ4v) is 2.58. The molecule has 5 heteroatoms. The zero-order valence-electron chi connectivity index (χ0n) is 11.8. The number of nitrogens with one attached hydrogen (secondary N) is 1. The van der Waals surface area contributed by atoms with Crippen LogP contribution in [0.4, 0.5) is 8.78 Å². The van der Waals surface area contributed by atoms with Crippen LogP contribution in [0.1, 0.15) is 23.5 Å². The van der Waals surface area contributed by atoms with Gasteiger partial charge in [-0.1, -0.05) is 30.3 Å². The van der Waals surface area contributed by atoms with Crippen molar-refractivity contribution in [3.8, 4) is 5.75 Å². The number of halogens is 2. The van der Waals surface area contributed by atoms with Crippen molar-refractivity contribution in [3.63, 3.8) is 0 Å². The van der Waals surface area contributed by atoms with E-state index in [9.17, 15) is 13.6 Å². The second-order valence-electron chi connectivity index (χ2n) is 5.28. The molecule has 1 aliphatic heterocycles. The molecular formula is C17H15F2NO2. The van der Waals surface area contributed by atoms with E-state index < -0.39 is 17.6 Å². The maximum absolute atomic E-state index is 14.2. The Morgan fingerprint density at radius 3 is 2.41 bits per heavy atom. The summed E-state index contributed by atoms with van der Waals surface area (Å²) in [5.74, 6) is -1.86. The summed E-state index contributed by atoms with van der Waals surface area (Å²) >= 11 is 0. The summed E-state index contributed by atoms with van der Waals surface area (Å²) in [4.78, 5) is 11.2. The highest BCUT2D eigenvalue weighted by molar-refractivity contribution is 5.79. The first-order valence-electron chi connectivity index (χ1n) is 7.06. The SMILES string of the molecule is O=C1CC(c2c(F)cc(OCc3ccccc3)cc2F)CN1. The maximum Gasteiger partial charge on any atom is 0.220 e. The van der Waals surface area contributed by atoms with Gasteiger partial charge in [-0.15, -0.1) is 0 Å². The molecule has 1 aliphatic rings. The molecule has 1 fully saturated rings. The predicted molar refractivity (Wildman–Crippen MR) is 77.5 cm³/mol. The van der Waals surface area contributed by atoms with Gasteiger partial charge in [0.2, 0.25) is 5.91 Å². The Balaban J connectivity index is 1.76. The Hall–Kier alpha value is -2.43. The molecule has 0 aromatic heterocycles. The molecule has 0 radical (unpaired) electrons. The molecular weight excluding hydrogens is 288 g/mol. The fourth-order valence-electron chi connectivity index (χ4n) is 2.58. The van der Waals surface area contributed by atoms with Crippen LogP contribution in [0.2, 0.25) is 0 Å². The van der Waals surface area contributed by atoms with Crippen molar-refractivity contribution in [2.45, 2.75) is 18.9 Å². The number of ether oxygens (including phenoxy) is 1. The van der Waals surface area contributed by atoms with Crippen LogP contribution >= 0.6 is 0 Å². The van der Waals surface area contributed by atoms with E-state index in [4.69, 9.17) is 4.74 Å². The van der Waals surface area contributed by atoms with Crippen molar-refractivity contribution in [2.24, 2.45) is 0 Å². The van der Waals surface area contributed by atoms with Crippen LogP contribution in [0.5, 0.6) is 5.75 Å². The average Bonchev–Trinajstić information content (AvgIpc) is 2.92. The van der Waals surface area contributed by atoms with Gasteiger partial charge in [0.05, 0.1) is 0 Å². The number of rotatable bonds is 4. The lowest BCUT2D eigenvalue weighted by atomic mass is 9.97. The second-order valence-corrected chi connectivity index (χ2v) is 5.28. The summed E-state index contributed by atoms with van der Waals surface area (Å²) in [6, 6.07) is 11.7. The molecule has 1 heterocycles. The molecule has 1 amide bonds. The predicted octanol–water partition coefficient (Wildman–Crippen LogP) is 3.15. The molecule has 1 atom stereocenters. The van der Waals surface area contributed by atoms with Gasteiger partial charge in [-0.3, -0.25) is 4.79 Å². The van der Waals surface area contributed by atoms with Crippen molar-refractivity contribution in [1.82, 2.24) is 5.32 Å². The van der Waals surface area contributed by atoms with Crippen LogP contribution in [-0.4, -0.2) is 12.5 Å². The Kier molecular flexibility index (Phi) is 4.04. The molecule has 3 nitrogen and oxygen atoms in total. The van der Waals surface area contributed by atoms with Gasteiger partial charge in [0, 0.05) is 36.6 Å². The number of carbonyl (C=O) groups is 1. The first-order valence-corrected chi connectivity index (χ1v) is 7.06. The van der Waals surface area contributed by atoms with E-state index in [1.54, 1.807) is 0 Å². The largest absolute Gasteiger partial charge is 0.489 e. The van der Waals surface area contributed by atoms with Crippen LogP contribution < -0.4 is 10.1 Å². The smallest absolute Gasteiger partial charge is 0.220 e. The number of amides is 1. The highest BCUT2D eigenvalue weighted by Crippen LogP contribution is 2.31. The standard InChI is InChI=1S/C17H15F2NO2/c18-14-7-13(22-10-11-4-2-1-3-5-11)8-15(19)17(14)12-6-16(21)20-9-12/h1-5,7-8,12H,6,9-10H2,(H,20,21). The summed E-state index contributed by atoms with van der Waals surface area (Å²) in [6.07, 6.45) is 0.109. The molecule has 3 rings (SSSR count). The van der Waals surface area contributed by atoms with Gasteiger partial charge >= 0.3 is 0 Å². The van der Waals surface area contributed by atoms with E-state index in [-0.39, 0.29) is 36.8 Å². The molecule has 1 N–H and O–H groups in total. The van der Waals surface area contributed by atoms with E-state index >= 15 is 0 Å². The van der Waals surface area contributed by atoms with Crippen molar-refractivity contribution in [2.75, 3.05) is 6.54 Å². The third-order valence-electron chi connectivity index (χ3n) is 3.69. The normalized spacial score (nSPS) is 17.4. The molecule has 22 heavy (non-hydrogen) atoms. The fraction of sp³-hybridized carbons (Fsp3) is 0.235. The number of carbonyl (C=O) groups excluding carboxylic acids is 1. The molecule has 0 spiro atoms. The molecule has 0 saturated carbocycles.